The molecule has 4 unspecified atom stereocenters. The molecule has 0 spiro atoms. The maximum Gasteiger partial charge on any atom is 0.103 e. The average Bonchev–Trinajstić information content (AvgIpc) is 2.58. The van der Waals surface area contributed by atoms with E-state index in [0.717, 1.165) is 0 Å². The summed E-state index contributed by atoms with van der Waals surface area (Å²) < 4.78 is 16.2. The SMILES string of the molecule is C=CCOCCC(OC(CCOCC=C)C(O)CO)C(O)CO. The first-order valence-corrected chi connectivity index (χ1v) is 7.71. The molecular formula is C16H30O7. The predicted molar refractivity (Wildman–Crippen MR) is 86.1 cm³/mol. The lowest BCUT2D eigenvalue weighted by atomic mass is 10.1. The number of aliphatic hydroxyl groups excluding tert-OH is 4. The molecule has 0 aromatic carbocycles. The Bertz CT molecular complexity index is 270. The molecule has 0 aliphatic carbocycles. The molecule has 0 rings (SSSR count). The maximum absolute atomic E-state index is 9.85. The van der Waals surface area contributed by atoms with E-state index in [9.17, 15) is 10.2 Å². The topological polar surface area (TPSA) is 109 Å². The molecule has 0 aliphatic rings. The molecule has 0 aromatic heterocycles. The molecule has 136 valence electrons. The van der Waals surface area contributed by atoms with E-state index in [1.54, 1.807) is 12.2 Å². The molecule has 0 amide bonds. The molecule has 0 radical (unpaired) electrons. The van der Waals surface area contributed by atoms with E-state index >= 15 is 0 Å². The Kier molecular flexibility index (Phi) is 14.3. The van der Waals surface area contributed by atoms with Gasteiger partial charge in [0.05, 0.1) is 38.6 Å². The van der Waals surface area contributed by atoms with Gasteiger partial charge in [0, 0.05) is 13.2 Å². The zero-order chi connectivity index (χ0) is 17.5. The van der Waals surface area contributed by atoms with Gasteiger partial charge in [0.1, 0.15) is 12.2 Å². The highest BCUT2D eigenvalue weighted by molar-refractivity contribution is 4.76. The van der Waals surface area contributed by atoms with E-state index in [1.807, 2.05) is 0 Å². The van der Waals surface area contributed by atoms with Crippen molar-refractivity contribution in [3.63, 3.8) is 0 Å². The first-order valence-electron chi connectivity index (χ1n) is 7.71. The Balaban J connectivity index is 4.54. The number of ether oxygens (including phenoxy) is 3. The largest absolute Gasteiger partial charge is 0.394 e. The highest BCUT2D eigenvalue weighted by Crippen LogP contribution is 2.14. The van der Waals surface area contributed by atoms with Gasteiger partial charge in [-0.2, -0.15) is 0 Å². The summed E-state index contributed by atoms with van der Waals surface area (Å²) in [4.78, 5) is 0. The summed E-state index contributed by atoms with van der Waals surface area (Å²) in [5, 5.41) is 38.0. The predicted octanol–water partition coefficient (Wildman–Crippen LogP) is -0.368. The molecule has 0 saturated heterocycles. The Morgan fingerprint density at radius 3 is 1.48 bits per heavy atom. The van der Waals surface area contributed by atoms with Crippen molar-refractivity contribution in [2.75, 3.05) is 39.6 Å². The number of hydrogen-bond acceptors (Lipinski definition) is 7. The zero-order valence-corrected chi connectivity index (χ0v) is 13.5. The first-order chi connectivity index (χ1) is 11.1. The molecule has 0 heterocycles. The lowest BCUT2D eigenvalue weighted by Gasteiger charge is -2.29. The molecule has 4 N–H and O–H groups in total. The minimum Gasteiger partial charge on any atom is -0.394 e. The minimum atomic E-state index is -1.11. The van der Waals surface area contributed by atoms with Crippen LogP contribution in [-0.4, -0.2) is 84.5 Å². The van der Waals surface area contributed by atoms with Crippen molar-refractivity contribution in [2.24, 2.45) is 0 Å². The van der Waals surface area contributed by atoms with Gasteiger partial charge < -0.3 is 34.6 Å². The Morgan fingerprint density at radius 1 is 0.783 bits per heavy atom. The third kappa shape index (κ3) is 10.6. The molecule has 23 heavy (non-hydrogen) atoms. The van der Waals surface area contributed by atoms with Crippen molar-refractivity contribution >= 4 is 0 Å². The standard InChI is InChI=1S/C16H30O7/c1-3-7-21-9-5-15(13(19)11-17)23-16(14(20)12-18)6-10-22-8-4-2/h3-4,13-20H,1-2,5-12H2. The van der Waals surface area contributed by atoms with Crippen molar-refractivity contribution in [1.82, 2.24) is 0 Å². The molecule has 0 bridgehead atoms. The first kappa shape index (κ1) is 22.2. The van der Waals surface area contributed by atoms with Crippen LogP contribution < -0.4 is 0 Å². The Hall–Kier alpha value is -0.800. The minimum absolute atomic E-state index is 0.308. The van der Waals surface area contributed by atoms with Crippen molar-refractivity contribution in [3.05, 3.63) is 25.3 Å². The molecule has 0 fully saturated rings. The van der Waals surface area contributed by atoms with Crippen molar-refractivity contribution in [2.45, 2.75) is 37.3 Å². The third-order valence-electron chi connectivity index (χ3n) is 3.15. The van der Waals surface area contributed by atoms with Crippen molar-refractivity contribution in [3.8, 4) is 0 Å². The smallest absolute Gasteiger partial charge is 0.103 e. The molecule has 0 aromatic rings. The van der Waals surface area contributed by atoms with Crippen LogP contribution in [0.2, 0.25) is 0 Å². The van der Waals surface area contributed by atoms with Gasteiger partial charge in [-0.25, -0.2) is 0 Å². The van der Waals surface area contributed by atoms with Crippen LogP contribution in [0.3, 0.4) is 0 Å². The Morgan fingerprint density at radius 2 is 1.17 bits per heavy atom. The quantitative estimate of drug-likeness (QED) is 0.225. The highest BCUT2D eigenvalue weighted by atomic mass is 16.5. The molecule has 4 atom stereocenters. The fourth-order valence-corrected chi connectivity index (χ4v) is 1.89. The second kappa shape index (κ2) is 14.8. The van der Waals surface area contributed by atoms with E-state index in [2.05, 4.69) is 13.2 Å². The van der Waals surface area contributed by atoms with Crippen LogP contribution in [0.25, 0.3) is 0 Å². The van der Waals surface area contributed by atoms with Crippen LogP contribution in [0.15, 0.2) is 25.3 Å². The molecule has 7 heteroatoms. The van der Waals surface area contributed by atoms with Crippen molar-refractivity contribution in [1.29, 1.82) is 0 Å². The normalized spacial score (nSPS) is 16.5. The number of rotatable bonds is 16. The summed E-state index contributed by atoms with van der Waals surface area (Å²) in [7, 11) is 0. The highest BCUT2D eigenvalue weighted by Gasteiger charge is 2.27. The number of aliphatic hydroxyl groups is 4. The van der Waals surface area contributed by atoms with Crippen LogP contribution in [0, 0.1) is 0 Å². The monoisotopic (exact) mass is 334 g/mol. The van der Waals surface area contributed by atoms with Crippen LogP contribution in [0.1, 0.15) is 12.8 Å². The van der Waals surface area contributed by atoms with Gasteiger partial charge in [0.25, 0.3) is 0 Å². The summed E-state index contributed by atoms with van der Waals surface area (Å²) in [5.74, 6) is 0. The summed E-state index contributed by atoms with van der Waals surface area (Å²) in [5.41, 5.74) is 0. The van der Waals surface area contributed by atoms with E-state index in [-0.39, 0.29) is 0 Å². The van der Waals surface area contributed by atoms with Crippen LogP contribution in [0.4, 0.5) is 0 Å². The molecular weight excluding hydrogens is 304 g/mol. The van der Waals surface area contributed by atoms with Crippen LogP contribution >= 0.6 is 0 Å². The van der Waals surface area contributed by atoms with Crippen molar-refractivity contribution < 1.29 is 34.6 Å². The fourth-order valence-electron chi connectivity index (χ4n) is 1.89. The third-order valence-corrected chi connectivity index (χ3v) is 3.15. The van der Waals surface area contributed by atoms with E-state index in [1.165, 1.54) is 0 Å². The van der Waals surface area contributed by atoms with Gasteiger partial charge >= 0.3 is 0 Å². The lowest BCUT2D eigenvalue weighted by Crippen LogP contribution is -2.42. The maximum atomic E-state index is 9.85. The Labute approximate surface area is 137 Å². The molecule has 0 aliphatic heterocycles. The van der Waals surface area contributed by atoms with Gasteiger partial charge in [0.2, 0.25) is 0 Å². The summed E-state index contributed by atoms with van der Waals surface area (Å²) >= 11 is 0. The van der Waals surface area contributed by atoms with E-state index < -0.39 is 37.6 Å². The second-order valence-corrected chi connectivity index (χ2v) is 5.02. The average molecular weight is 334 g/mol. The van der Waals surface area contributed by atoms with Gasteiger partial charge in [-0.1, -0.05) is 12.2 Å². The number of hydrogen-bond donors (Lipinski definition) is 4. The fraction of sp³-hybridized carbons (Fsp3) is 0.750. The lowest BCUT2D eigenvalue weighted by molar-refractivity contribution is -0.144. The summed E-state index contributed by atoms with van der Waals surface area (Å²) in [6, 6.07) is 0. The molecule has 7 nitrogen and oxygen atoms in total. The summed E-state index contributed by atoms with van der Waals surface area (Å²) in [6.07, 6.45) is 0.205. The summed E-state index contributed by atoms with van der Waals surface area (Å²) in [6.45, 7) is 7.49. The zero-order valence-electron chi connectivity index (χ0n) is 13.5. The van der Waals surface area contributed by atoms with Gasteiger partial charge in [0.15, 0.2) is 0 Å². The van der Waals surface area contributed by atoms with Gasteiger partial charge in [-0.3, -0.25) is 0 Å². The van der Waals surface area contributed by atoms with Crippen LogP contribution in [0.5, 0.6) is 0 Å². The van der Waals surface area contributed by atoms with E-state index in [0.29, 0.717) is 39.3 Å². The molecule has 0 saturated carbocycles. The van der Waals surface area contributed by atoms with E-state index in [4.69, 9.17) is 24.4 Å². The van der Waals surface area contributed by atoms with Gasteiger partial charge in [-0.05, 0) is 12.8 Å². The van der Waals surface area contributed by atoms with Crippen LogP contribution in [-0.2, 0) is 14.2 Å². The van der Waals surface area contributed by atoms with Gasteiger partial charge in [-0.15, -0.1) is 13.2 Å². The second-order valence-electron chi connectivity index (χ2n) is 5.02.